The zero-order chi connectivity index (χ0) is 18.8. The molecule has 0 bridgehead atoms. The van der Waals surface area contributed by atoms with Gasteiger partial charge in [0.2, 0.25) is 0 Å². The van der Waals surface area contributed by atoms with Crippen molar-refractivity contribution in [1.82, 2.24) is 24.6 Å². The lowest BCUT2D eigenvalue weighted by atomic mass is 10.1. The molecule has 7 nitrogen and oxygen atoms in total. The Morgan fingerprint density at radius 3 is 2.48 bits per heavy atom. The number of carbonyl (C=O) groups is 1. The van der Waals surface area contributed by atoms with Gasteiger partial charge in [0.25, 0.3) is 5.91 Å². The van der Waals surface area contributed by atoms with Gasteiger partial charge < -0.3 is 9.80 Å². The number of aryl methyl sites for hydroxylation is 1. The van der Waals surface area contributed by atoms with Crippen LogP contribution in [0.15, 0.2) is 49.1 Å². The first-order valence-corrected chi connectivity index (χ1v) is 8.72. The predicted molar refractivity (Wildman–Crippen MR) is 98.8 cm³/mol. The largest absolute Gasteiger partial charge is 0.351 e. The van der Waals surface area contributed by atoms with Crippen LogP contribution in [0, 0.1) is 5.82 Å². The molecule has 3 aromatic rings. The SMILES string of the molecule is Cn1cc(C(=O)N2CCN(c3ncnc(-c4ccccc4)c3F)CC2)cn1. The first kappa shape index (κ1) is 17.1. The molecular weight excluding hydrogens is 347 g/mol. The van der Waals surface area contributed by atoms with Crippen LogP contribution < -0.4 is 4.90 Å². The molecule has 1 saturated heterocycles. The average molecular weight is 366 g/mol. The van der Waals surface area contributed by atoms with E-state index >= 15 is 4.39 Å². The zero-order valence-corrected chi connectivity index (χ0v) is 14.9. The fourth-order valence-corrected chi connectivity index (χ4v) is 3.21. The maximum atomic E-state index is 15.0. The molecule has 27 heavy (non-hydrogen) atoms. The molecule has 1 amide bonds. The summed E-state index contributed by atoms with van der Waals surface area (Å²) in [6.45, 7) is 2.01. The summed E-state index contributed by atoms with van der Waals surface area (Å²) < 4.78 is 16.6. The first-order valence-electron chi connectivity index (χ1n) is 8.72. The Kier molecular flexibility index (Phi) is 4.53. The molecule has 3 heterocycles. The molecule has 1 aromatic carbocycles. The minimum Gasteiger partial charge on any atom is -0.351 e. The van der Waals surface area contributed by atoms with Gasteiger partial charge in [0.15, 0.2) is 11.6 Å². The number of piperazine rings is 1. The Labute approximate surface area is 156 Å². The van der Waals surface area contributed by atoms with Crippen molar-refractivity contribution in [3.63, 3.8) is 0 Å². The molecule has 1 fully saturated rings. The smallest absolute Gasteiger partial charge is 0.257 e. The van der Waals surface area contributed by atoms with Crippen molar-refractivity contribution in [3.8, 4) is 11.3 Å². The number of rotatable bonds is 3. The zero-order valence-electron chi connectivity index (χ0n) is 14.9. The summed E-state index contributed by atoms with van der Waals surface area (Å²) in [6.07, 6.45) is 4.64. The predicted octanol–water partition coefficient (Wildman–Crippen LogP) is 1.98. The van der Waals surface area contributed by atoms with Crippen LogP contribution in [0.25, 0.3) is 11.3 Å². The summed E-state index contributed by atoms with van der Waals surface area (Å²) >= 11 is 0. The molecule has 2 aromatic heterocycles. The summed E-state index contributed by atoms with van der Waals surface area (Å²) in [7, 11) is 1.77. The van der Waals surface area contributed by atoms with Crippen LogP contribution in [-0.4, -0.2) is 56.7 Å². The first-order chi connectivity index (χ1) is 13.1. The van der Waals surface area contributed by atoms with Crippen molar-refractivity contribution in [2.75, 3.05) is 31.1 Å². The monoisotopic (exact) mass is 366 g/mol. The average Bonchev–Trinajstić information content (AvgIpc) is 3.15. The standard InChI is InChI=1S/C19H19FN6O/c1-24-12-15(11-23-24)19(27)26-9-7-25(8-10-26)18-16(20)17(21-13-22-18)14-5-3-2-4-6-14/h2-6,11-13H,7-10H2,1H3. The molecule has 138 valence electrons. The molecule has 0 N–H and O–H groups in total. The Bertz CT molecular complexity index is 950. The molecular formula is C19H19FN6O. The summed E-state index contributed by atoms with van der Waals surface area (Å²) in [5.41, 5.74) is 1.56. The molecule has 4 rings (SSSR count). The van der Waals surface area contributed by atoms with E-state index in [1.807, 2.05) is 35.2 Å². The van der Waals surface area contributed by atoms with Crippen LogP contribution in [0.5, 0.6) is 0 Å². The molecule has 8 heteroatoms. The quantitative estimate of drug-likeness (QED) is 0.709. The highest BCUT2D eigenvalue weighted by Crippen LogP contribution is 2.26. The molecule has 0 unspecified atom stereocenters. The van der Waals surface area contributed by atoms with Gasteiger partial charge in [-0.15, -0.1) is 0 Å². The van der Waals surface area contributed by atoms with Crippen LogP contribution in [0.2, 0.25) is 0 Å². The summed E-state index contributed by atoms with van der Waals surface area (Å²) in [6, 6.07) is 9.21. The summed E-state index contributed by atoms with van der Waals surface area (Å²) in [5.74, 6) is -0.219. The Morgan fingerprint density at radius 1 is 1.07 bits per heavy atom. The highest BCUT2D eigenvalue weighted by atomic mass is 19.1. The van der Waals surface area contributed by atoms with Crippen LogP contribution in [0.1, 0.15) is 10.4 Å². The normalized spacial score (nSPS) is 14.4. The fraction of sp³-hybridized carbons (Fsp3) is 0.263. The van der Waals surface area contributed by atoms with E-state index < -0.39 is 5.82 Å². The van der Waals surface area contributed by atoms with E-state index in [4.69, 9.17) is 0 Å². The maximum absolute atomic E-state index is 15.0. The molecule has 0 radical (unpaired) electrons. The molecule has 0 aliphatic carbocycles. The molecule has 0 spiro atoms. The van der Waals surface area contributed by atoms with Crippen molar-refractivity contribution < 1.29 is 9.18 Å². The molecule has 1 aliphatic rings. The van der Waals surface area contributed by atoms with Gasteiger partial charge in [-0.2, -0.15) is 5.10 Å². The second kappa shape index (κ2) is 7.14. The third kappa shape index (κ3) is 3.38. The van der Waals surface area contributed by atoms with Gasteiger partial charge in [-0.05, 0) is 0 Å². The second-order valence-electron chi connectivity index (χ2n) is 6.41. The molecule has 0 saturated carbocycles. The minimum atomic E-state index is -0.435. The second-order valence-corrected chi connectivity index (χ2v) is 6.41. The van der Waals surface area contributed by atoms with E-state index in [-0.39, 0.29) is 17.4 Å². The Morgan fingerprint density at radius 2 is 1.81 bits per heavy atom. The number of anilines is 1. The third-order valence-corrected chi connectivity index (χ3v) is 4.64. The van der Waals surface area contributed by atoms with E-state index in [1.165, 1.54) is 6.33 Å². The lowest BCUT2D eigenvalue weighted by Gasteiger charge is -2.35. The number of benzene rings is 1. The lowest BCUT2D eigenvalue weighted by molar-refractivity contribution is 0.0746. The number of aromatic nitrogens is 4. The fourth-order valence-electron chi connectivity index (χ4n) is 3.21. The third-order valence-electron chi connectivity index (χ3n) is 4.64. The van der Waals surface area contributed by atoms with Crippen molar-refractivity contribution in [2.45, 2.75) is 0 Å². The lowest BCUT2D eigenvalue weighted by Crippen LogP contribution is -2.49. The highest BCUT2D eigenvalue weighted by molar-refractivity contribution is 5.93. The van der Waals surface area contributed by atoms with Crippen LogP contribution >= 0.6 is 0 Å². The number of halogens is 1. The highest BCUT2D eigenvalue weighted by Gasteiger charge is 2.26. The molecule has 1 aliphatic heterocycles. The van der Waals surface area contributed by atoms with Gasteiger partial charge in [0.1, 0.15) is 12.0 Å². The van der Waals surface area contributed by atoms with E-state index in [0.717, 1.165) is 0 Å². The number of carbonyl (C=O) groups excluding carboxylic acids is 1. The van der Waals surface area contributed by atoms with Crippen molar-refractivity contribution in [2.24, 2.45) is 7.05 Å². The summed E-state index contributed by atoms with van der Waals surface area (Å²) in [4.78, 5) is 24.4. The van der Waals surface area contributed by atoms with Gasteiger partial charge in [0.05, 0.1) is 11.8 Å². The van der Waals surface area contributed by atoms with Crippen LogP contribution in [0.3, 0.4) is 0 Å². The number of hydrogen-bond acceptors (Lipinski definition) is 5. The van der Waals surface area contributed by atoms with Gasteiger partial charge in [-0.1, -0.05) is 30.3 Å². The molecule has 0 atom stereocenters. The van der Waals surface area contributed by atoms with Crippen LogP contribution in [0.4, 0.5) is 10.2 Å². The minimum absolute atomic E-state index is 0.0594. The number of hydrogen-bond donors (Lipinski definition) is 0. The van der Waals surface area contributed by atoms with Crippen molar-refractivity contribution in [1.29, 1.82) is 0 Å². The van der Waals surface area contributed by atoms with Crippen LogP contribution in [-0.2, 0) is 7.05 Å². The van der Waals surface area contributed by atoms with Gasteiger partial charge >= 0.3 is 0 Å². The van der Waals surface area contributed by atoms with Crippen molar-refractivity contribution >= 4 is 11.7 Å². The van der Waals surface area contributed by atoms with E-state index in [0.29, 0.717) is 37.3 Å². The van der Waals surface area contributed by atoms with Gasteiger partial charge in [-0.3, -0.25) is 9.48 Å². The van der Waals surface area contributed by atoms with Crippen molar-refractivity contribution in [3.05, 3.63) is 60.4 Å². The number of nitrogens with zero attached hydrogens (tertiary/aromatic N) is 6. The maximum Gasteiger partial charge on any atom is 0.257 e. The Hall–Kier alpha value is -3.29. The summed E-state index contributed by atoms with van der Waals surface area (Å²) in [5, 5.41) is 4.04. The van der Waals surface area contributed by atoms with E-state index in [1.54, 1.807) is 29.0 Å². The van der Waals surface area contributed by atoms with Gasteiger partial charge in [-0.25, -0.2) is 14.4 Å². The van der Waals surface area contributed by atoms with E-state index in [9.17, 15) is 4.79 Å². The van der Waals surface area contributed by atoms with E-state index in [2.05, 4.69) is 15.1 Å². The topological polar surface area (TPSA) is 67.2 Å². The van der Waals surface area contributed by atoms with Gasteiger partial charge in [0, 0.05) is 45.0 Å². The Balaban J connectivity index is 1.49. The number of amides is 1.